The Bertz CT molecular complexity index is 460. The van der Waals surface area contributed by atoms with Crippen molar-refractivity contribution in [3.63, 3.8) is 0 Å². The zero-order valence-electron chi connectivity index (χ0n) is 11.8. The van der Waals surface area contributed by atoms with Crippen molar-refractivity contribution in [2.24, 2.45) is 5.92 Å². The maximum Gasteiger partial charge on any atom is 0.160 e. The zero-order chi connectivity index (χ0) is 13.5. The molecule has 0 saturated heterocycles. The first kappa shape index (κ1) is 13.7. The molecule has 0 radical (unpaired) electrons. The molecule has 0 heterocycles. The maximum absolute atomic E-state index is 5.33. The molecule has 1 atom stereocenters. The molecule has 1 aliphatic rings. The molecule has 1 aromatic carbocycles. The fraction of sp³-hybridized carbons (Fsp3) is 0.412. The Labute approximate surface area is 115 Å². The van der Waals surface area contributed by atoms with Crippen LogP contribution in [0.4, 0.5) is 0 Å². The minimum Gasteiger partial charge on any atom is -0.493 e. The van der Waals surface area contributed by atoms with Gasteiger partial charge >= 0.3 is 0 Å². The van der Waals surface area contributed by atoms with Gasteiger partial charge in [-0.1, -0.05) is 30.4 Å². The molecule has 1 aromatic rings. The average Bonchev–Trinajstić information content (AvgIpc) is 2.48. The van der Waals surface area contributed by atoms with Gasteiger partial charge in [0.05, 0.1) is 14.2 Å². The molecule has 0 spiro atoms. The summed E-state index contributed by atoms with van der Waals surface area (Å²) in [6, 6.07) is 6.19. The Morgan fingerprint density at radius 2 is 1.95 bits per heavy atom. The van der Waals surface area contributed by atoms with Gasteiger partial charge in [0, 0.05) is 0 Å². The van der Waals surface area contributed by atoms with Crippen molar-refractivity contribution >= 4 is 0 Å². The number of hydrogen-bond acceptors (Lipinski definition) is 2. The van der Waals surface area contributed by atoms with E-state index in [4.69, 9.17) is 9.47 Å². The van der Waals surface area contributed by atoms with Gasteiger partial charge in [-0.15, -0.1) is 0 Å². The van der Waals surface area contributed by atoms with Crippen LogP contribution in [0.5, 0.6) is 11.5 Å². The van der Waals surface area contributed by atoms with Crippen LogP contribution in [-0.2, 0) is 6.42 Å². The summed E-state index contributed by atoms with van der Waals surface area (Å²) < 4.78 is 10.6. The third-order valence-electron chi connectivity index (χ3n) is 3.56. The van der Waals surface area contributed by atoms with Gasteiger partial charge in [-0.3, -0.25) is 0 Å². The van der Waals surface area contributed by atoms with Crippen molar-refractivity contribution in [3.05, 3.63) is 48.1 Å². The summed E-state index contributed by atoms with van der Waals surface area (Å²) in [4.78, 5) is 0. The van der Waals surface area contributed by atoms with Crippen LogP contribution in [0.2, 0.25) is 0 Å². The lowest BCUT2D eigenvalue weighted by Gasteiger charge is -2.13. The van der Waals surface area contributed by atoms with Crippen LogP contribution in [-0.4, -0.2) is 14.2 Å². The molecule has 2 rings (SSSR count). The minimum atomic E-state index is 0.713. The molecule has 2 heteroatoms. The summed E-state index contributed by atoms with van der Waals surface area (Å²) in [5.74, 6) is 2.33. The van der Waals surface area contributed by atoms with E-state index < -0.39 is 0 Å². The Morgan fingerprint density at radius 1 is 1.11 bits per heavy atom. The highest BCUT2D eigenvalue weighted by Crippen LogP contribution is 2.28. The molecule has 0 aliphatic heterocycles. The minimum absolute atomic E-state index is 0.713. The summed E-state index contributed by atoms with van der Waals surface area (Å²) in [6.45, 7) is 0. The second-order valence-electron chi connectivity index (χ2n) is 4.89. The molecule has 0 amide bonds. The fourth-order valence-electron chi connectivity index (χ4n) is 2.45. The normalized spacial score (nSPS) is 17.5. The van der Waals surface area contributed by atoms with Gasteiger partial charge in [0.2, 0.25) is 0 Å². The Balaban J connectivity index is 1.85. The average molecular weight is 258 g/mol. The van der Waals surface area contributed by atoms with Crippen molar-refractivity contribution in [2.75, 3.05) is 14.2 Å². The molecule has 0 aromatic heterocycles. The van der Waals surface area contributed by atoms with Crippen molar-refractivity contribution in [1.29, 1.82) is 0 Å². The van der Waals surface area contributed by atoms with E-state index >= 15 is 0 Å². The first-order chi connectivity index (χ1) is 9.33. The number of aryl methyl sites for hydroxylation is 1. The van der Waals surface area contributed by atoms with E-state index in [2.05, 4.69) is 36.4 Å². The van der Waals surface area contributed by atoms with E-state index in [9.17, 15) is 0 Å². The van der Waals surface area contributed by atoms with Gasteiger partial charge in [-0.25, -0.2) is 0 Å². The SMILES string of the molecule is COc1ccc(CCCC2C=CC=CC2)cc1OC. The van der Waals surface area contributed by atoms with Crippen molar-refractivity contribution in [3.8, 4) is 11.5 Å². The molecular weight excluding hydrogens is 236 g/mol. The van der Waals surface area contributed by atoms with Crippen LogP contribution in [0.25, 0.3) is 0 Å². The molecule has 0 fully saturated rings. The number of rotatable bonds is 6. The maximum atomic E-state index is 5.33. The van der Waals surface area contributed by atoms with Gasteiger partial charge < -0.3 is 9.47 Å². The number of allylic oxidation sites excluding steroid dienone is 4. The lowest BCUT2D eigenvalue weighted by atomic mass is 9.94. The second kappa shape index (κ2) is 7.03. The van der Waals surface area contributed by atoms with Crippen LogP contribution >= 0.6 is 0 Å². The molecule has 2 nitrogen and oxygen atoms in total. The van der Waals surface area contributed by atoms with Gasteiger partial charge in [-0.2, -0.15) is 0 Å². The van der Waals surface area contributed by atoms with E-state index in [-0.39, 0.29) is 0 Å². The lowest BCUT2D eigenvalue weighted by Crippen LogP contribution is -1.99. The summed E-state index contributed by atoms with van der Waals surface area (Å²) >= 11 is 0. The topological polar surface area (TPSA) is 18.5 Å². The Morgan fingerprint density at radius 3 is 2.63 bits per heavy atom. The van der Waals surface area contributed by atoms with E-state index in [1.54, 1.807) is 14.2 Å². The smallest absolute Gasteiger partial charge is 0.160 e. The Hall–Kier alpha value is -1.70. The van der Waals surface area contributed by atoms with E-state index in [1.807, 2.05) is 6.07 Å². The number of hydrogen-bond donors (Lipinski definition) is 0. The van der Waals surface area contributed by atoms with Crippen molar-refractivity contribution in [1.82, 2.24) is 0 Å². The summed E-state index contributed by atoms with van der Waals surface area (Å²) in [7, 11) is 3.35. The van der Waals surface area contributed by atoms with Gasteiger partial charge in [-0.05, 0) is 49.3 Å². The largest absolute Gasteiger partial charge is 0.493 e. The number of ether oxygens (including phenoxy) is 2. The van der Waals surface area contributed by atoms with Gasteiger partial charge in [0.15, 0.2) is 11.5 Å². The van der Waals surface area contributed by atoms with Gasteiger partial charge in [0.25, 0.3) is 0 Å². The molecule has 1 unspecified atom stereocenters. The predicted molar refractivity (Wildman–Crippen MR) is 78.9 cm³/mol. The number of methoxy groups -OCH3 is 2. The number of benzene rings is 1. The summed E-state index contributed by atoms with van der Waals surface area (Å²) in [6.07, 6.45) is 13.6. The highest BCUT2D eigenvalue weighted by Gasteiger charge is 2.07. The van der Waals surface area contributed by atoms with Gasteiger partial charge in [0.1, 0.15) is 0 Å². The van der Waals surface area contributed by atoms with Crippen LogP contribution in [0.3, 0.4) is 0 Å². The molecule has 0 saturated carbocycles. The molecule has 0 N–H and O–H groups in total. The zero-order valence-corrected chi connectivity index (χ0v) is 11.8. The first-order valence-corrected chi connectivity index (χ1v) is 6.87. The third kappa shape index (κ3) is 3.88. The fourth-order valence-corrected chi connectivity index (χ4v) is 2.45. The van der Waals surface area contributed by atoms with Crippen LogP contribution < -0.4 is 9.47 Å². The third-order valence-corrected chi connectivity index (χ3v) is 3.56. The molecular formula is C17H22O2. The van der Waals surface area contributed by atoms with E-state index in [0.717, 1.165) is 17.9 Å². The van der Waals surface area contributed by atoms with Crippen LogP contribution in [0, 0.1) is 5.92 Å². The molecule has 19 heavy (non-hydrogen) atoms. The summed E-state index contributed by atoms with van der Waals surface area (Å²) in [5.41, 5.74) is 1.31. The second-order valence-corrected chi connectivity index (χ2v) is 4.89. The Kier molecular flexibility index (Phi) is 5.08. The predicted octanol–water partition coefficient (Wildman–Crippen LogP) is 4.16. The summed E-state index contributed by atoms with van der Waals surface area (Å²) in [5, 5.41) is 0. The lowest BCUT2D eigenvalue weighted by molar-refractivity contribution is 0.354. The molecule has 1 aliphatic carbocycles. The monoisotopic (exact) mass is 258 g/mol. The van der Waals surface area contributed by atoms with E-state index in [1.165, 1.54) is 24.8 Å². The van der Waals surface area contributed by atoms with Crippen LogP contribution in [0.15, 0.2) is 42.5 Å². The first-order valence-electron chi connectivity index (χ1n) is 6.87. The molecule has 0 bridgehead atoms. The van der Waals surface area contributed by atoms with Crippen molar-refractivity contribution in [2.45, 2.75) is 25.7 Å². The standard InChI is InChI=1S/C17H22O2/c1-18-16-12-11-15(13-17(16)19-2)10-6-9-14-7-4-3-5-8-14/h3-5,7,11-14H,6,8-10H2,1-2H3. The quantitative estimate of drug-likeness (QED) is 0.763. The van der Waals surface area contributed by atoms with E-state index in [0.29, 0.717) is 5.92 Å². The van der Waals surface area contributed by atoms with Crippen molar-refractivity contribution < 1.29 is 9.47 Å². The highest BCUT2D eigenvalue weighted by molar-refractivity contribution is 5.42. The highest BCUT2D eigenvalue weighted by atomic mass is 16.5. The molecule has 102 valence electrons. The van der Waals surface area contributed by atoms with Crippen LogP contribution in [0.1, 0.15) is 24.8 Å².